The fraction of sp³-hybridized carbons (Fsp3) is 0.385. The molecule has 0 fully saturated rings. The third-order valence-electron chi connectivity index (χ3n) is 2.84. The number of aliphatic hydroxyl groups is 2. The number of benzene rings is 1. The minimum atomic E-state index is -1.26. The zero-order valence-electron chi connectivity index (χ0n) is 10.0. The first-order chi connectivity index (χ1) is 9.13. The van der Waals surface area contributed by atoms with Crippen molar-refractivity contribution in [3.63, 3.8) is 0 Å². The molecule has 1 heterocycles. The Hall–Kier alpha value is -1.97. The van der Waals surface area contributed by atoms with Gasteiger partial charge in [0.05, 0.1) is 17.7 Å². The summed E-state index contributed by atoms with van der Waals surface area (Å²) < 4.78 is 17.6. The highest BCUT2D eigenvalue weighted by atomic mass is 19.1. The second-order valence-corrected chi connectivity index (χ2v) is 4.22. The van der Waals surface area contributed by atoms with Crippen molar-refractivity contribution in [1.29, 1.82) is 5.26 Å². The molecule has 6 heteroatoms. The monoisotopic (exact) mass is 264 g/mol. The van der Waals surface area contributed by atoms with Gasteiger partial charge in [0.2, 0.25) is 12.2 Å². The van der Waals surface area contributed by atoms with Crippen molar-refractivity contribution in [2.24, 2.45) is 4.99 Å². The molecule has 0 amide bonds. The molecule has 0 aliphatic carbocycles. The summed E-state index contributed by atoms with van der Waals surface area (Å²) in [6.45, 7) is -0.929. The average molecular weight is 264 g/mol. The Morgan fingerprint density at radius 1 is 1.47 bits per heavy atom. The SMILES string of the molecule is N#Cc1ccc(C2=NC(C(O)CF)CC(O)O2)cc1. The van der Waals surface area contributed by atoms with Crippen LogP contribution in [0.25, 0.3) is 0 Å². The van der Waals surface area contributed by atoms with Crippen LogP contribution in [0.3, 0.4) is 0 Å². The van der Waals surface area contributed by atoms with Crippen LogP contribution < -0.4 is 0 Å². The van der Waals surface area contributed by atoms with Crippen molar-refractivity contribution in [2.45, 2.75) is 24.9 Å². The molecule has 0 saturated heterocycles. The average Bonchev–Trinajstić information content (AvgIpc) is 2.45. The predicted octanol–water partition coefficient (Wildman–Crippen LogP) is 0.743. The summed E-state index contributed by atoms with van der Waals surface area (Å²) in [5, 5.41) is 27.7. The highest BCUT2D eigenvalue weighted by molar-refractivity contribution is 5.94. The maximum Gasteiger partial charge on any atom is 0.218 e. The number of rotatable bonds is 3. The fourth-order valence-corrected chi connectivity index (χ4v) is 1.79. The largest absolute Gasteiger partial charge is 0.448 e. The van der Waals surface area contributed by atoms with Gasteiger partial charge in [-0.2, -0.15) is 5.26 Å². The Morgan fingerprint density at radius 3 is 2.74 bits per heavy atom. The van der Waals surface area contributed by atoms with Gasteiger partial charge in [0, 0.05) is 12.0 Å². The van der Waals surface area contributed by atoms with Crippen molar-refractivity contribution in [3.05, 3.63) is 35.4 Å². The quantitative estimate of drug-likeness (QED) is 0.843. The number of nitriles is 1. The molecule has 0 bridgehead atoms. The number of ether oxygens (including phenoxy) is 1. The van der Waals surface area contributed by atoms with Gasteiger partial charge in [-0.1, -0.05) is 0 Å². The van der Waals surface area contributed by atoms with E-state index in [1.807, 2.05) is 6.07 Å². The third-order valence-corrected chi connectivity index (χ3v) is 2.84. The Bertz CT molecular complexity index is 510. The van der Waals surface area contributed by atoms with Crippen LogP contribution in [-0.4, -0.2) is 41.2 Å². The smallest absolute Gasteiger partial charge is 0.218 e. The molecule has 19 heavy (non-hydrogen) atoms. The normalized spacial score (nSPS) is 24.0. The lowest BCUT2D eigenvalue weighted by molar-refractivity contribution is -0.0591. The van der Waals surface area contributed by atoms with E-state index in [2.05, 4.69) is 4.99 Å². The van der Waals surface area contributed by atoms with Crippen LogP contribution in [0.15, 0.2) is 29.3 Å². The fourth-order valence-electron chi connectivity index (χ4n) is 1.79. The van der Waals surface area contributed by atoms with Crippen LogP contribution in [0, 0.1) is 11.3 Å². The molecule has 0 spiro atoms. The minimum Gasteiger partial charge on any atom is -0.448 e. The van der Waals surface area contributed by atoms with E-state index in [4.69, 9.17) is 10.00 Å². The minimum absolute atomic E-state index is 0.0465. The lowest BCUT2D eigenvalue weighted by Gasteiger charge is -2.27. The molecule has 0 aromatic heterocycles. The Balaban J connectivity index is 2.26. The van der Waals surface area contributed by atoms with Gasteiger partial charge >= 0.3 is 0 Å². The molecule has 3 atom stereocenters. The summed E-state index contributed by atoms with van der Waals surface area (Å²) in [5.74, 6) is 0.140. The number of nitrogens with zero attached hydrogens (tertiary/aromatic N) is 2. The predicted molar refractivity (Wildman–Crippen MR) is 65.2 cm³/mol. The van der Waals surface area contributed by atoms with Crippen molar-refractivity contribution in [2.75, 3.05) is 6.67 Å². The van der Waals surface area contributed by atoms with E-state index in [9.17, 15) is 14.6 Å². The molecule has 0 radical (unpaired) electrons. The van der Waals surface area contributed by atoms with E-state index in [1.165, 1.54) is 0 Å². The summed E-state index contributed by atoms with van der Waals surface area (Å²) in [5.41, 5.74) is 1.05. The lowest BCUT2D eigenvalue weighted by atomic mass is 10.1. The number of hydrogen-bond acceptors (Lipinski definition) is 5. The first-order valence-electron chi connectivity index (χ1n) is 5.81. The number of halogens is 1. The Kier molecular flexibility index (Phi) is 4.10. The van der Waals surface area contributed by atoms with Crippen LogP contribution in [0.2, 0.25) is 0 Å². The molecule has 1 aromatic carbocycles. The van der Waals surface area contributed by atoms with Crippen LogP contribution in [-0.2, 0) is 4.74 Å². The summed E-state index contributed by atoms with van der Waals surface area (Å²) >= 11 is 0. The van der Waals surface area contributed by atoms with E-state index >= 15 is 0 Å². The van der Waals surface area contributed by atoms with Gasteiger partial charge in [0.15, 0.2) is 0 Å². The molecule has 0 saturated carbocycles. The lowest BCUT2D eigenvalue weighted by Crippen LogP contribution is -2.37. The summed E-state index contributed by atoms with van der Waals surface area (Å²) in [4.78, 5) is 4.09. The van der Waals surface area contributed by atoms with E-state index in [-0.39, 0.29) is 12.3 Å². The molecule has 5 nitrogen and oxygen atoms in total. The van der Waals surface area contributed by atoms with Crippen molar-refractivity contribution in [3.8, 4) is 6.07 Å². The van der Waals surface area contributed by atoms with Crippen molar-refractivity contribution in [1.82, 2.24) is 0 Å². The number of hydrogen-bond donors (Lipinski definition) is 2. The zero-order valence-corrected chi connectivity index (χ0v) is 10.0. The van der Waals surface area contributed by atoms with Gasteiger partial charge < -0.3 is 14.9 Å². The molecule has 3 unspecified atom stereocenters. The number of aliphatic hydroxyl groups excluding tert-OH is 2. The van der Waals surface area contributed by atoms with Crippen molar-refractivity contribution < 1.29 is 19.3 Å². The second-order valence-electron chi connectivity index (χ2n) is 4.22. The van der Waals surface area contributed by atoms with E-state index in [0.717, 1.165) is 0 Å². The first kappa shape index (κ1) is 13.5. The van der Waals surface area contributed by atoms with Gasteiger partial charge in [-0.3, -0.25) is 0 Å². The van der Waals surface area contributed by atoms with E-state index < -0.39 is 25.1 Å². The molecule has 2 rings (SSSR count). The maximum absolute atomic E-state index is 12.4. The molecular formula is C13H13FN2O3. The maximum atomic E-state index is 12.4. The van der Waals surface area contributed by atoms with Gasteiger partial charge in [-0.25, -0.2) is 9.38 Å². The van der Waals surface area contributed by atoms with E-state index in [1.54, 1.807) is 24.3 Å². The van der Waals surface area contributed by atoms with Crippen LogP contribution >= 0.6 is 0 Å². The molecule has 100 valence electrons. The second kappa shape index (κ2) is 5.78. The standard InChI is InChI=1S/C13H13FN2O3/c14-6-11(17)10-5-12(18)19-13(16-10)9-3-1-8(7-15)2-4-9/h1-4,10-12,17-18H,5-6H2. The Labute approximate surface area is 109 Å². The van der Waals surface area contributed by atoms with Gasteiger partial charge in [-0.15, -0.1) is 0 Å². The molecule has 1 aliphatic heterocycles. The zero-order chi connectivity index (χ0) is 13.8. The van der Waals surface area contributed by atoms with E-state index in [0.29, 0.717) is 11.1 Å². The topological polar surface area (TPSA) is 85.8 Å². The molecule has 2 N–H and O–H groups in total. The summed E-state index contributed by atoms with van der Waals surface area (Å²) in [7, 11) is 0. The third kappa shape index (κ3) is 3.08. The number of aliphatic imine (C=N–C) groups is 1. The summed E-state index contributed by atoms with van der Waals surface area (Å²) in [6.07, 6.45) is -2.34. The number of alkyl halides is 1. The summed E-state index contributed by atoms with van der Waals surface area (Å²) in [6, 6.07) is 7.66. The first-order valence-corrected chi connectivity index (χ1v) is 5.81. The van der Waals surface area contributed by atoms with Crippen LogP contribution in [0.4, 0.5) is 4.39 Å². The molecule has 1 aromatic rings. The molecule has 1 aliphatic rings. The Morgan fingerprint density at radius 2 is 2.16 bits per heavy atom. The molecular weight excluding hydrogens is 251 g/mol. The highest BCUT2D eigenvalue weighted by Gasteiger charge is 2.29. The van der Waals surface area contributed by atoms with Crippen LogP contribution in [0.5, 0.6) is 0 Å². The highest BCUT2D eigenvalue weighted by Crippen LogP contribution is 2.19. The van der Waals surface area contributed by atoms with Gasteiger partial charge in [0.25, 0.3) is 0 Å². The van der Waals surface area contributed by atoms with Crippen LogP contribution in [0.1, 0.15) is 17.5 Å². The van der Waals surface area contributed by atoms with Gasteiger partial charge in [0.1, 0.15) is 12.8 Å². The van der Waals surface area contributed by atoms with Crippen molar-refractivity contribution >= 4 is 5.90 Å². The van der Waals surface area contributed by atoms with Gasteiger partial charge in [-0.05, 0) is 24.3 Å².